The summed E-state index contributed by atoms with van der Waals surface area (Å²) in [6, 6.07) is 6.49. The third-order valence-electron chi connectivity index (χ3n) is 4.61. The van der Waals surface area contributed by atoms with Gasteiger partial charge in [0.05, 0.1) is 0 Å². The number of benzene rings is 2. The highest BCUT2D eigenvalue weighted by Gasteiger charge is 2.42. The molecule has 0 aromatic heterocycles. The Hall–Kier alpha value is -2.41. The fourth-order valence-corrected chi connectivity index (χ4v) is 3.44. The molecule has 2 aromatic rings. The molecule has 8 heteroatoms. The van der Waals surface area contributed by atoms with E-state index in [1.165, 1.54) is 12.1 Å². The van der Waals surface area contributed by atoms with Gasteiger partial charge in [0.2, 0.25) is 0 Å². The van der Waals surface area contributed by atoms with E-state index in [1.54, 1.807) is 18.2 Å². The first-order chi connectivity index (χ1) is 13.2. The van der Waals surface area contributed by atoms with Gasteiger partial charge in [0.15, 0.2) is 0 Å². The fourth-order valence-electron chi connectivity index (χ4n) is 3.20. The van der Waals surface area contributed by atoms with Gasteiger partial charge in [-0.1, -0.05) is 29.8 Å². The molecule has 0 N–H and O–H groups in total. The number of fused-ring (bicyclic) bond motifs is 1. The zero-order chi connectivity index (χ0) is 20.5. The van der Waals surface area contributed by atoms with Crippen molar-refractivity contribution >= 4 is 29.7 Å². The average molecular weight is 416 g/mol. The molecular weight excluding hydrogens is 401 g/mol. The molecule has 1 amide bonds. The first-order valence-electron chi connectivity index (χ1n) is 8.46. The van der Waals surface area contributed by atoms with Crippen molar-refractivity contribution in [3.05, 3.63) is 69.2 Å². The van der Waals surface area contributed by atoms with Crippen LogP contribution >= 0.6 is 11.6 Å². The maximum absolute atomic E-state index is 13.8. The van der Waals surface area contributed by atoms with Crippen LogP contribution in [0.25, 0.3) is 12.2 Å². The summed E-state index contributed by atoms with van der Waals surface area (Å²) in [5, 5.41) is 0.355. The molecular formula is C20H15ClF5NO. The van der Waals surface area contributed by atoms with Gasteiger partial charge in [-0.15, -0.1) is 0 Å². The number of amides is 1. The summed E-state index contributed by atoms with van der Waals surface area (Å²) >= 11 is 6.25. The summed E-state index contributed by atoms with van der Waals surface area (Å²) in [5.74, 6) is -3.30. The van der Waals surface area contributed by atoms with Gasteiger partial charge in [-0.2, -0.15) is 13.2 Å². The number of halogens is 6. The lowest BCUT2D eigenvalue weighted by Crippen LogP contribution is -2.42. The van der Waals surface area contributed by atoms with Crippen LogP contribution in [0.3, 0.4) is 0 Å². The number of alkyl halides is 3. The highest BCUT2D eigenvalue weighted by atomic mass is 35.5. The predicted molar refractivity (Wildman–Crippen MR) is 96.8 cm³/mol. The van der Waals surface area contributed by atoms with Crippen molar-refractivity contribution in [2.45, 2.75) is 19.0 Å². The van der Waals surface area contributed by atoms with Crippen molar-refractivity contribution in [2.24, 2.45) is 0 Å². The smallest absolute Gasteiger partial charge is 0.334 e. The zero-order valence-corrected chi connectivity index (χ0v) is 15.2. The van der Waals surface area contributed by atoms with Crippen LogP contribution in [0.2, 0.25) is 5.02 Å². The maximum atomic E-state index is 13.8. The summed E-state index contributed by atoms with van der Waals surface area (Å²) in [6.45, 7) is -0.153. The molecule has 1 aliphatic heterocycles. The van der Waals surface area contributed by atoms with Gasteiger partial charge in [0, 0.05) is 29.7 Å². The van der Waals surface area contributed by atoms with Crippen LogP contribution in [-0.4, -0.2) is 30.1 Å². The second-order valence-electron chi connectivity index (χ2n) is 6.39. The van der Waals surface area contributed by atoms with Crippen LogP contribution in [-0.2, 0) is 17.6 Å². The lowest BCUT2D eigenvalue weighted by molar-refractivity contribution is -0.185. The van der Waals surface area contributed by atoms with Crippen molar-refractivity contribution in [1.29, 1.82) is 0 Å². The number of carbonyl (C=O) groups excluding carboxylic acids is 1. The van der Waals surface area contributed by atoms with Crippen LogP contribution in [0.5, 0.6) is 0 Å². The summed E-state index contributed by atoms with van der Waals surface area (Å²) in [6.07, 6.45) is -1.50. The number of hydrogen-bond donors (Lipinski definition) is 0. The number of nitrogens with zero attached hydrogens (tertiary/aromatic N) is 1. The van der Waals surface area contributed by atoms with E-state index in [-0.39, 0.29) is 31.5 Å². The Balaban J connectivity index is 1.90. The largest absolute Gasteiger partial charge is 0.471 e. The van der Waals surface area contributed by atoms with E-state index in [0.717, 1.165) is 22.6 Å². The monoisotopic (exact) mass is 415 g/mol. The second-order valence-corrected chi connectivity index (χ2v) is 6.80. The normalized spacial score (nSPS) is 14.9. The molecule has 0 spiro atoms. The predicted octanol–water partition coefficient (Wildman–Crippen LogP) is 5.28. The molecule has 1 aliphatic rings. The van der Waals surface area contributed by atoms with Crippen LogP contribution in [0.1, 0.15) is 22.3 Å². The van der Waals surface area contributed by atoms with Gasteiger partial charge in [0.1, 0.15) is 11.6 Å². The van der Waals surface area contributed by atoms with Crippen molar-refractivity contribution in [3.8, 4) is 0 Å². The maximum Gasteiger partial charge on any atom is 0.471 e. The van der Waals surface area contributed by atoms with E-state index in [4.69, 9.17) is 11.6 Å². The van der Waals surface area contributed by atoms with Crippen LogP contribution < -0.4 is 0 Å². The van der Waals surface area contributed by atoms with Crippen LogP contribution in [0, 0.1) is 11.6 Å². The van der Waals surface area contributed by atoms with E-state index in [2.05, 4.69) is 0 Å². The molecule has 0 radical (unpaired) electrons. The van der Waals surface area contributed by atoms with Crippen molar-refractivity contribution in [2.75, 3.05) is 13.1 Å². The van der Waals surface area contributed by atoms with E-state index in [9.17, 15) is 26.7 Å². The van der Waals surface area contributed by atoms with E-state index in [0.29, 0.717) is 16.1 Å². The number of carbonyl (C=O) groups is 1. The van der Waals surface area contributed by atoms with Crippen LogP contribution in [0.4, 0.5) is 22.0 Å². The summed E-state index contributed by atoms with van der Waals surface area (Å²) in [4.78, 5) is 12.3. The van der Waals surface area contributed by atoms with Crippen molar-refractivity contribution < 1.29 is 26.7 Å². The quantitative estimate of drug-likeness (QED) is 0.483. The van der Waals surface area contributed by atoms with Crippen molar-refractivity contribution in [1.82, 2.24) is 4.90 Å². The fraction of sp³-hybridized carbons (Fsp3) is 0.250. The van der Waals surface area contributed by atoms with Crippen LogP contribution in [0.15, 0.2) is 30.3 Å². The number of hydrogen-bond acceptors (Lipinski definition) is 1. The first kappa shape index (κ1) is 20.3. The van der Waals surface area contributed by atoms with E-state index in [1.807, 2.05) is 0 Å². The molecule has 0 saturated carbocycles. The highest BCUT2D eigenvalue weighted by Crippen LogP contribution is 2.30. The molecule has 2 nitrogen and oxygen atoms in total. The first-order valence-corrected chi connectivity index (χ1v) is 8.84. The second kappa shape index (κ2) is 7.91. The lowest BCUT2D eigenvalue weighted by Gasteiger charge is -2.21. The minimum atomic E-state index is -4.92. The molecule has 0 saturated heterocycles. The van der Waals surface area contributed by atoms with Gasteiger partial charge < -0.3 is 4.90 Å². The third kappa shape index (κ3) is 4.35. The molecule has 0 aliphatic carbocycles. The SMILES string of the molecule is O=C(N1CCc2ccc(Cl)c(/C=C/c3ccc(F)cc3F)c2CC1)C(F)(F)F. The molecule has 148 valence electrons. The Morgan fingerprint density at radius 1 is 1.04 bits per heavy atom. The molecule has 2 aromatic carbocycles. The van der Waals surface area contributed by atoms with Crippen molar-refractivity contribution in [3.63, 3.8) is 0 Å². The Morgan fingerprint density at radius 2 is 1.75 bits per heavy atom. The Morgan fingerprint density at radius 3 is 2.43 bits per heavy atom. The Bertz CT molecular complexity index is 939. The third-order valence-corrected chi connectivity index (χ3v) is 4.94. The standard InChI is InChI=1S/C20H15ClF5NO/c21-17-6-3-12-7-9-27(19(28)20(24,25)26)10-8-15(12)16(17)5-2-13-1-4-14(22)11-18(13)23/h1-6,11H,7-10H2/b5-2+. The topological polar surface area (TPSA) is 20.3 Å². The van der Waals surface area contributed by atoms with Gasteiger partial charge >= 0.3 is 12.1 Å². The molecule has 1 heterocycles. The number of rotatable bonds is 2. The van der Waals surface area contributed by atoms with Gasteiger partial charge in [-0.25, -0.2) is 8.78 Å². The lowest BCUT2D eigenvalue weighted by atomic mass is 9.96. The summed E-state index contributed by atoms with van der Waals surface area (Å²) < 4.78 is 65.1. The Kier molecular flexibility index (Phi) is 5.74. The molecule has 0 unspecified atom stereocenters. The van der Waals surface area contributed by atoms with Gasteiger partial charge in [-0.05, 0) is 47.7 Å². The molecule has 0 fully saturated rings. The summed E-state index contributed by atoms with van der Waals surface area (Å²) in [7, 11) is 0. The zero-order valence-electron chi connectivity index (χ0n) is 14.5. The summed E-state index contributed by atoms with van der Waals surface area (Å²) in [5.41, 5.74) is 2.19. The minimum absolute atomic E-state index is 0.0529. The minimum Gasteiger partial charge on any atom is -0.334 e. The van der Waals surface area contributed by atoms with E-state index < -0.39 is 23.7 Å². The van der Waals surface area contributed by atoms with E-state index >= 15 is 0 Å². The average Bonchev–Trinajstić information content (AvgIpc) is 2.83. The molecule has 28 heavy (non-hydrogen) atoms. The highest BCUT2D eigenvalue weighted by molar-refractivity contribution is 6.32. The molecule has 3 rings (SSSR count). The van der Waals surface area contributed by atoms with Gasteiger partial charge in [0.25, 0.3) is 0 Å². The molecule has 0 atom stereocenters. The van der Waals surface area contributed by atoms with Gasteiger partial charge in [-0.3, -0.25) is 4.79 Å². The molecule has 0 bridgehead atoms. The Labute approximate surface area is 163 Å².